The number of methoxy groups -OCH3 is 1. The number of nitrogens with one attached hydrogen (secondary N) is 2. The van der Waals surface area contributed by atoms with Crippen molar-refractivity contribution in [3.8, 4) is 0 Å². The largest absolute Gasteiger partial charge is 0.465 e. The number of benzene rings is 3. The minimum Gasteiger partial charge on any atom is -0.465 e. The Morgan fingerprint density at radius 1 is 0.786 bits per heavy atom. The van der Waals surface area contributed by atoms with Crippen molar-refractivity contribution in [1.29, 1.82) is 0 Å². The van der Waals surface area contributed by atoms with Crippen molar-refractivity contribution in [3.63, 3.8) is 0 Å². The van der Waals surface area contributed by atoms with Crippen LogP contribution < -0.4 is 10.7 Å². The standard InChI is InChI=1S/C32H41N4O5P/c1-24(2)36(25(3)4)42(40-22-27-16-10-7-11-17-27,41-23-28-18-12-8-13-19-28)30(31(37)39-6)26(5)34-35-32(38)33-29-20-14-9-15-21-29/h7-21,24-25H,22-23H2,1-6H3,(H2,33,35,38)/b34-26+. The molecule has 0 spiro atoms. The summed E-state index contributed by atoms with van der Waals surface area (Å²) >= 11 is 0. The van der Waals surface area contributed by atoms with Gasteiger partial charge in [0.25, 0.3) is 0 Å². The monoisotopic (exact) mass is 592 g/mol. The molecule has 0 unspecified atom stereocenters. The molecule has 0 aromatic heterocycles. The van der Waals surface area contributed by atoms with Gasteiger partial charge in [0.1, 0.15) is 5.29 Å². The summed E-state index contributed by atoms with van der Waals surface area (Å²) in [7, 11) is -2.13. The molecule has 0 saturated carbocycles. The van der Waals surface area contributed by atoms with Crippen LogP contribution in [0.4, 0.5) is 10.5 Å². The van der Waals surface area contributed by atoms with Gasteiger partial charge in [-0.15, -0.1) is 0 Å². The summed E-state index contributed by atoms with van der Waals surface area (Å²) in [5, 5.41) is 7.17. The summed E-state index contributed by atoms with van der Waals surface area (Å²) < 4.78 is 21.0. The second kappa shape index (κ2) is 16.0. The Morgan fingerprint density at radius 2 is 1.24 bits per heavy atom. The zero-order chi connectivity index (χ0) is 30.5. The Labute approximate surface area is 249 Å². The van der Waals surface area contributed by atoms with Crippen LogP contribution in [0.15, 0.2) is 96.1 Å². The zero-order valence-electron chi connectivity index (χ0n) is 25.1. The van der Waals surface area contributed by atoms with Crippen LogP contribution in [-0.2, 0) is 31.8 Å². The first kappa shape index (κ1) is 32.8. The van der Waals surface area contributed by atoms with E-state index in [1.807, 2.05) is 107 Å². The van der Waals surface area contributed by atoms with Crippen LogP contribution in [0.1, 0.15) is 45.7 Å². The second-order valence-corrected chi connectivity index (χ2v) is 12.5. The minimum absolute atomic E-state index is 0.0910. The van der Waals surface area contributed by atoms with Crippen molar-refractivity contribution in [1.82, 2.24) is 10.1 Å². The predicted molar refractivity (Wildman–Crippen MR) is 170 cm³/mol. The van der Waals surface area contributed by atoms with Crippen molar-refractivity contribution >= 4 is 36.2 Å². The van der Waals surface area contributed by atoms with Gasteiger partial charge in [-0.05, 0) is 57.9 Å². The zero-order valence-corrected chi connectivity index (χ0v) is 26.0. The quantitative estimate of drug-likeness (QED) is 0.0975. The average Bonchev–Trinajstić information content (AvgIpc) is 2.99. The fourth-order valence-electron chi connectivity index (χ4n) is 4.52. The first-order valence-electron chi connectivity index (χ1n) is 13.8. The van der Waals surface area contributed by atoms with E-state index in [9.17, 15) is 9.59 Å². The lowest BCUT2D eigenvalue weighted by atomic mass is 10.2. The summed E-state index contributed by atoms with van der Waals surface area (Å²) in [6, 6.07) is 27.7. The highest BCUT2D eigenvalue weighted by molar-refractivity contribution is 7.69. The molecular formula is C32H41N4O5P. The molecule has 0 fully saturated rings. The second-order valence-electron chi connectivity index (χ2n) is 10.1. The van der Waals surface area contributed by atoms with Crippen LogP contribution in [0.25, 0.3) is 0 Å². The molecule has 0 aliphatic rings. The molecule has 0 saturated heterocycles. The first-order valence-corrected chi connectivity index (χ1v) is 15.4. The van der Waals surface area contributed by atoms with Gasteiger partial charge in [0, 0.05) is 17.8 Å². The fourth-order valence-corrected chi connectivity index (χ4v) is 8.00. The Kier molecular flexibility index (Phi) is 12.5. The van der Waals surface area contributed by atoms with Crippen LogP contribution in [0, 0.1) is 0 Å². The van der Waals surface area contributed by atoms with Crippen molar-refractivity contribution in [2.45, 2.75) is 59.9 Å². The number of hydrogen-bond donors (Lipinski definition) is 2. The Hall–Kier alpha value is -3.75. The Morgan fingerprint density at radius 3 is 1.67 bits per heavy atom. The van der Waals surface area contributed by atoms with Gasteiger partial charge in [-0.25, -0.2) is 19.7 Å². The molecule has 3 rings (SSSR count). The normalized spacial score (nSPS) is 12.0. The van der Waals surface area contributed by atoms with Gasteiger partial charge in [-0.2, -0.15) is 5.10 Å². The number of hydrogen-bond acceptors (Lipinski definition) is 7. The molecule has 0 aliphatic carbocycles. The molecule has 0 radical (unpaired) electrons. The van der Waals surface area contributed by atoms with Crippen molar-refractivity contribution in [3.05, 3.63) is 102 Å². The van der Waals surface area contributed by atoms with E-state index in [2.05, 4.69) is 20.5 Å². The summed E-state index contributed by atoms with van der Waals surface area (Å²) in [5.74, 6) is -0.651. The summed E-state index contributed by atoms with van der Waals surface area (Å²) in [6.45, 7) is 10.1. The molecule has 0 bridgehead atoms. The van der Waals surface area contributed by atoms with Crippen LogP contribution >= 0.6 is 7.49 Å². The fraction of sp³-hybridized carbons (Fsp3) is 0.312. The number of urea groups is 1. The highest BCUT2D eigenvalue weighted by Crippen LogP contribution is 2.59. The number of rotatable bonds is 13. The third-order valence-corrected chi connectivity index (χ3v) is 9.78. The number of nitrogens with zero attached hydrogens (tertiary/aromatic N) is 2. The van der Waals surface area contributed by atoms with Gasteiger partial charge in [-0.3, -0.25) is 0 Å². The molecule has 3 aromatic carbocycles. The maximum absolute atomic E-state index is 13.7. The number of hydrazone groups is 1. The topological polar surface area (TPSA) is 101 Å². The van der Waals surface area contributed by atoms with Gasteiger partial charge < -0.3 is 19.1 Å². The summed E-state index contributed by atoms with van der Waals surface area (Å²) in [5.41, 5.74) is 5.15. The Bertz CT molecular complexity index is 1320. The molecule has 42 heavy (non-hydrogen) atoms. The van der Waals surface area contributed by atoms with E-state index in [-0.39, 0.29) is 36.3 Å². The highest BCUT2D eigenvalue weighted by atomic mass is 31.2. The van der Waals surface area contributed by atoms with E-state index in [0.717, 1.165) is 11.1 Å². The van der Waals surface area contributed by atoms with E-state index >= 15 is 0 Å². The number of para-hydroxylation sites is 1. The van der Waals surface area contributed by atoms with E-state index < -0.39 is 19.5 Å². The van der Waals surface area contributed by atoms with Crippen molar-refractivity contribution in [2.24, 2.45) is 5.10 Å². The van der Waals surface area contributed by atoms with E-state index in [4.69, 9.17) is 13.8 Å². The lowest BCUT2D eigenvalue weighted by molar-refractivity contribution is -0.132. The van der Waals surface area contributed by atoms with Crippen LogP contribution in [-0.4, -0.2) is 46.9 Å². The molecule has 2 N–H and O–H groups in total. The number of ether oxygens (including phenoxy) is 1. The van der Waals surface area contributed by atoms with Gasteiger partial charge >= 0.3 is 12.0 Å². The van der Waals surface area contributed by atoms with E-state index in [0.29, 0.717) is 5.69 Å². The van der Waals surface area contributed by atoms with Gasteiger partial charge in [0.2, 0.25) is 7.49 Å². The molecule has 9 nitrogen and oxygen atoms in total. The van der Waals surface area contributed by atoms with Crippen molar-refractivity contribution in [2.75, 3.05) is 12.4 Å². The molecular weight excluding hydrogens is 551 g/mol. The number of anilines is 1. The smallest absolute Gasteiger partial charge is 0.345 e. The van der Waals surface area contributed by atoms with Crippen molar-refractivity contribution < 1.29 is 23.4 Å². The van der Waals surface area contributed by atoms with Crippen LogP contribution in [0.2, 0.25) is 0 Å². The molecule has 224 valence electrons. The molecule has 10 heteroatoms. The lowest BCUT2D eigenvalue weighted by Gasteiger charge is -2.43. The maximum Gasteiger partial charge on any atom is 0.345 e. The lowest BCUT2D eigenvalue weighted by Crippen LogP contribution is -2.41. The molecule has 3 aromatic rings. The third kappa shape index (κ3) is 8.87. The number of esters is 1. The van der Waals surface area contributed by atoms with Gasteiger partial charge in [-0.1, -0.05) is 78.9 Å². The highest BCUT2D eigenvalue weighted by Gasteiger charge is 2.41. The molecule has 0 heterocycles. The average molecular weight is 593 g/mol. The van der Waals surface area contributed by atoms with Crippen LogP contribution in [0.5, 0.6) is 0 Å². The van der Waals surface area contributed by atoms with E-state index in [1.165, 1.54) is 7.11 Å². The molecule has 2 amide bonds. The third-order valence-electron chi connectivity index (χ3n) is 6.22. The van der Waals surface area contributed by atoms with Gasteiger partial charge in [0.15, 0.2) is 0 Å². The first-order chi connectivity index (χ1) is 20.2. The maximum atomic E-state index is 13.7. The van der Waals surface area contributed by atoms with Crippen LogP contribution in [0.3, 0.4) is 0 Å². The predicted octanol–water partition coefficient (Wildman–Crippen LogP) is 6.84. The Balaban J connectivity index is 2.19. The van der Waals surface area contributed by atoms with E-state index in [1.54, 1.807) is 19.1 Å². The minimum atomic E-state index is -3.44. The number of carbonyl (C=O) groups is 2. The SMILES string of the molecule is COC(=O)C(/C(C)=N/NC(=O)Nc1ccccc1)=P(OCc1ccccc1)(OCc1ccccc1)N(C(C)C)C(C)C. The van der Waals surface area contributed by atoms with Gasteiger partial charge in [0.05, 0.1) is 26.0 Å². The molecule has 0 atom stereocenters. The number of amides is 2. The number of carbonyl (C=O) groups excluding carboxylic acids is 2. The molecule has 0 aliphatic heterocycles. The summed E-state index contributed by atoms with van der Waals surface area (Å²) in [6.07, 6.45) is 0. The summed E-state index contributed by atoms with van der Waals surface area (Å²) in [4.78, 5) is 26.4.